The van der Waals surface area contributed by atoms with Gasteiger partial charge in [0.2, 0.25) is 0 Å². The predicted octanol–water partition coefficient (Wildman–Crippen LogP) is 0.445. The molecule has 0 unspecified atom stereocenters. The van der Waals surface area contributed by atoms with E-state index in [2.05, 4.69) is 4.98 Å². The lowest BCUT2D eigenvalue weighted by Crippen LogP contribution is -2.03. The number of nitrogens with two attached hydrogens (primary N) is 1. The molecule has 0 radical (unpaired) electrons. The van der Waals surface area contributed by atoms with Gasteiger partial charge in [0, 0.05) is 11.3 Å². The van der Waals surface area contributed by atoms with Gasteiger partial charge in [-0.05, 0) is 13.5 Å². The average Bonchev–Trinajstić information content (AvgIpc) is 2.33. The zero-order chi connectivity index (χ0) is 8.27. The molecule has 62 valence electrons. The summed E-state index contributed by atoms with van der Waals surface area (Å²) in [6.45, 7) is 2.66. The fourth-order valence-electron chi connectivity index (χ4n) is 0.924. The van der Waals surface area contributed by atoms with Crippen LogP contribution in [0.5, 0.6) is 0 Å². The fraction of sp³-hybridized carbons (Fsp3) is 0.571. The molecular formula is C7H12N2OS. The summed E-state index contributed by atoms with van der Waals surface area (Å²) in [7, 11) is 0. The maximum absolute atomic E-state index is 8.76. The number of hydrogen-bond acceptors (Lipinski definition) is 4. The molecule has 0 aromatic carbocycles. The molecule has 11 heavy (non-hydrogen) atoms. The van der Waals surface area contributed by atoms with Crippen molar-refractivity contribution in [1.82, 2.24) is 4.98 Å². The smallest absolute Gasteiger partial charge is 0.119 e. The molecule has 0 amide bonds. The molecule has 1 rings (SSSR count). The summed E-state index contributed by atoms with van der Waals surface area (Å²) in [6.07, 6.45) is 0.808. The van der Waals surface area contributed by atoms with Crippen LogP contribution in [0.1, 0.15) is 15.6 Å². The van der Waals surface area contributed by atoms with Gasteiger partial charge < -0.3 is 10.8 Å². The van der Waals surface area contributed by atoms with Crippen molar-refractivity contribution in [2.24, 2.45) is 5.73 Å². The van der Waals surface area contributed by atoms with E-state index in [0.29, 0.717) is 6.54 Å². The summed E-state index contributed by atoms with van der Waals surface area (Å²) >= 11 is 1.54. The SMILES string of the molecule is Cc1sc(CO)nc1CCN. The Morgan fingerprint density at radius 2 is 2.36 bits per heavy atom. The van der Waals surface area contributed by atoms with E-state index in [1.807, 2.05) is 6.92 Å². The Labute approximate surface area is 69.9 Å². The highest BCUT2D eigenvalue weighted by Crippen LogP contribution is 2.17. The van der Waals surface area contributed by atoms with Crippen LogP contribution < -0.4 is 5.73 Å². The number of aliphatic hydroxyl groups is 1. The van der Waals surface area contributed by atoms with Gasteiger partial charge in [-0.25, -0.2) is 4.98 Å². The number of aromatic nitrogens is 1. The molecule has 3 N–H and O–H groups in total. The van der Waals surface area contributed by atoms with Crippen LogP contribution in [-0.4, -0.2) is 16.6 Å². The normalized spacial score (nSPS) is 10.5. The molecule has 0 spiro atoms. The average molecular weight is 172 g/mol. The molecular weight excluding hydrogens is 160 g/mol. The third kappa shape index (κ3) is 1.99. The van der Waals surface area contributed by atoms with E-state index < -0.39 is 0 Å². The van der Waals surface area contributed by atoms with Crippen molar-refractivity contribution in [3.63, 3.8) is 0 Å². The van der Waals surface area contributed by atoms with E-state index in [1.54, 1.807) is 0 Å². The number of nitrogens with zero attached hydrogens (tertiary/aromatic N) is 1. The van der Waals surface area contributed by atoms with Gasteiger partial charge in [0.25, 0.3) is 0 Å². The van der Waals surface area contributed by atoms with Gasteiger partial charge in [0.05, 0.1) is 12.3 Å². The molecule has 1 heterocycles. The maximum atomic E-state index is 8.76. The van der Waals surface area contributed by atoms with E-state index in [0.717, 1.165) is 17.1 Å². The van der Waals surface area contributed by atoms with Gasteiger partial charge in [-0.15, -0.1) is 11.3 Å². The number of hydrogen-bond donors (Lipinski definition) is 2. The number of aliphatic hydroxyl groups excluding tert-OH is 1. The minimum Gasteiger partial charge on any atom is -0.389 e. The molecule has 0 fully saturated rings. The Kier molecular flexibility index (Phi) is 2.99. The Morgan fingerprint density at radius 3 is 2.82 bits per heavy atom. The third-order valence-electron chi connectivity index (χ3n) is 1.45. The van der Waals surface area contributed by atoms with Crippen molar-refractivity contribution < 1.29 is 5.11 Å². The van der Waals surface area contributed by atoms with Gasteiger partial charge >= 0.3 is 0 Å². The molecule has 3 nitrogen and oxygen atoms in total. The fourth-order valence-corrected chi connectivity index (χ4v) is 1.76. The quantitative estimate of drug-likeness (QED) is 0.695. The van der Waals surface area contributed by atoms with Crippen molar-refractivity contribution in [2.45, 2.75) is 20.0 Å². The van der Waals surface area contributed by atoms with Crippen LogP contribution in [0.4, 0.5) is 0 Å². The predicted molar refractivity (Wildman–Crippen MR) is 45.5 cm³/mol. The summed E-state index contributed by atoms with van der Waals surface area (Å²) in [5.41, 5.74) is 6.41. The van der Waals surface area contributed by atoms with E-state index in [9.17, 15) is 0 Å². The van der Waals surface area contributed by atoms with Gasteiger partial charge in [-0.3, -0.25) is 0 Å². The summed E-state index contributed by atoms with van der Waals surface area (Å²) < 4.78 is 0. The lowest BCUT2D eigenvalue weighted by atomic mass is 10.3. The second kappa shape index (κ2) is 3.80. The summed E-state index contributed by atoms with van der Waals surface area (Å²) in [4.78, 5) is 5.37. The zero-order valence-corrected chi connectivity index (χ0v) is 7.32. The lowest BCUT2D eigenvalue weighted by molar-refractivity contribution is 0.281. The monoisotopic (exact) mass is 172 g/mol. The Balaban J connectivity index is 2.79. The first-order valence-electron chi connectivity index (χ1n) is 3.54. The van der Waals surface area contributed by atoms with E-state index in [4.69, 9.17) is 10.8 Å². The van der Waals surface area contributed by atoms with Gasteiger partial charge in [-0.2, -0.15) is 0 Å². The van der Waals surface area contributed by atoms with Crippen LogP contribution in [0.25, 0.3) is 0 Å². The number of thiazole rings is 1. The van der Waals surface area contributed by atoms with Crippen molar-refractivity contribution in [3.8, 4) is 0 Å². The standard InChI is InChI=1S/C7H12N2OS/c1-5-6(2-3-8)9-7(4-10)11-5/h10H,2-4,8H2,1H3. The van der Waals surface area contributed by atoms with Crippen molar-refractivity contribution in [3.05, 3.63) is 15.6 Å². The summed E-state index contributed by atoms with van der Waals surface area (Å²) in [6, 6.07) is 0. The molecule has 0 saturated carbocycles. The largest absolute Gasteiger partial charge is 0.389 e. The zero-order valence-electron chi connectivity index (χ0n) is 6.50. The second-order valence-corrected chi connectivity index (χ2v) is 3.60. The third-order valence-corrected chi connectivity index (χ3v) is 2.45. The first-order chi connectivity index (χ1) is 5.27. The Bertz CT molecular complexity index is 234. The topological polar surface area (TPSA) is 59.1 Å². The van der Waals surface area contributed by atoms with E-state index in [-0.39, 0.29) is 6.61 Å². The first-order valence-corrected chi connectivity index (χ1v) is 4.35. The minimum absolute atomic E-state index is 0.0378. The number of rotatable bonds is 3. The minimum atomic E-state index is 0.0378. The first kappa shape index (κ1) is 8.64. The Hall–Kier alpha value is -0.450. The highest BCUT2D eigenvalue weighted by Gasteiger charge is 2.04. The number of aryl methyl sites for hydroxylation is 1. The van der Waals surface area contributed by atoms with Crippen LogP contribution in [-0.2, 0) is 13.0 Å². The van der Waals surface area contributed by atoms with Crippen molar-refractivity contribution in [1.29, 1.82) is 0 Å². The molecule has 0 aliphatic carbocycles. The second-order valence-electron chi connectivity index (χ2n) is 2.31. The summed E-state index contributed by atoms with van der Waals surface area (Å²) in [5.74, 6) is 0. The lowest BCUT2D eigenvalue weighted by Gasteiger charge is -1.91. The van der Waals surface area contributed by atoms with E-state index in [1.165, 1.54) is 16.2 Å². The van der Waals surface area contributed by atoms with E-state index >= 15 is 0 Å². The van der Waals surface area contributed by atoms with Crippen molar-refractivity contribution in [2.75, 3.05) is 6.54 Å². The maximum Gasteiger partial charge on any atom is 0.119 e. The summed E-state index contributed by atoms with van der Waals surface area (Å²) in [5, 5.41) is 9.54. The molecule has 4 heteroatoms. The van der Waals surface area contributed by atoms with Crippen LogP contribution in [0.15, 0.2) is 0 Å². The highest BCUT2D eigenvalue weighted by molar-refractivity contribution is 7.11. The van der Waals surface area contributed by atoms with Crippen LogP contribution in [0, 0.1) is 6.92 Å². The highest BCUT2D eigenvalue weighted by atomic mass is 32.1. The molecule has 0 saturated heterocycles. The van der Waals surface area contributed by atoms with Crippen LogP contribution in [0.2, 0.25) is 0 Å². The van der Waals surface area contributed by atoms with Gasteiger partial charge in [-0.1, -0.05) is 0 Å². The molecule has 0 aliphatic rings. The van der Waals surface area contributed by atoms with Crippen LogP contribution >= 0.6 is 11.3 Å². The van der Waals surface area contributed by atoms with Crippen LogP contribution in [0.3, 0.4) is 0 Å². The molecule has 1 aromatic heterocycles. The molecule has 1 aromatic rings. The molecule has 0 bridgehead atoms. The molecule has 0 atom stereocenters. The van der Waals surface area contributed by atoms with Gasteiger partial charge in [0.15, 0.2) is 0 Å². The van der Waals surface area contributed by atoms with Crippen molar-refractivity contribution >= 4 is 11.3 Å². The Morgan fingerprint density at radius 1 is 1.64 bits per heavy atom. The molecule has 0 aliphatic heterocycles. The van der Waals surface area contributed by atoms with Gasteiger partial charge in [0.1, 0.15) is 5.01 Å².